The van der Waals surface area contributed by atoms with E-state index in [2.05, 4.69) is 59.3 Å². The summed E-state index contributed by atoms with van der Waals surface area (Å²) >= 11 is 0. The van der Waals surface area contributed by atoms with Crippen LogP contribution in [0.1, 0.15) is 50.7 Å². The summed E-state index contributed by atoms with van der Waals surface area (Å²) in [5.74, 6) is 0. The molecule has 2 unspecified atom stereocenters. The maximum atomic E-state index is 6.24. The fourth-order valence-electron chi connectivity index (χ4n) is 4.87. The predicted octanol–water partition coefficient (Wildman–Crippen LogP) is 4.15. The molecule has 0 saturated carbocycles. The minimum absolute atomic E-state index is 0.000100. The first-order valence-corrected chi connectivity index (χ1v) is 10.0. The number of benzene rings is 1. The van der Waals surface area contributed by atoms with Gasteiger partial charge in [0.25, 0.3) is 0 Å². The summed E-state index contributed by atoms with van der Waals surface area (Å²) in [6.45, 7) is 7.82. The SMILES string of the molecule is CC(C)(c1cn[nH]c1)N1CCC(CCc2ccccc2)(C2CCCO2)C1. The van der Waals surface area contributed by atoms with Gasteiger partial charge in [0.2, 0.25) is 0 Å². The van der Waals surface area contributed by atoms with E-state index in [1.54, 1.807) is 0 Å². The lowest BCUT2D eigenvalue weighted by molar-refractivity contribution is -0.00831. The van der Waals surface area contributed by atoms with Crippen LogP contribution in [0.25, 0.3) is 0 Å². The van der Waals surface area contributed by atoms with Gasteiger partial charge in [-0.05, 0) is 58.1 Å². The summed E-state index contributed by atoms with van der Waals surface area (Å²) in [5, 5.41) is 7.15. The van der Waals surface area contributed by atoms with Crippen molar-refractivity contribution < 1.29 is 4.74 Å². The van der Waals surface area contributed by atoms with Gasteiger partial charge in [-0.2, -0.15) is 5.10 Å². The molecule has 140 valence electrons. The van der Waals surface area contributed by atoms with Crippen LogP contribution in [0.5, 0.6) is 0 Å². The van der Waals surface area contributed by atoms with Gasteiger partial charge in [0.1, 0.15) is 0 Å². The van der Waals surface area contributed by atoms with Crippen molar-refractivity contribution in [2.45, 2.75) is 57.6 Å². The number of aromatic amines is 1. The average molecular weight is 354 g/mol. The van der Waals surface area contributed by atoms with Crippen molar-refractivity contribution >= 4 is 0 Å². The Morgan fingerprint density at radius 3 is 2.85 bits per heavy atom. The van der Waals surface area contributed by atoms with Gasteiger partial charge in [0.15, 0.2) is 0 Å². The minimum atomic E-state index is 0.000100. The van der Waals surface area contributed by atoms with Gasteiger partial charge in [-0.25, -0.2) is 0 Å². The molecule has 2 aromatic rings. The van der Waals surface area contributed by atoms with Crippen LogP contribution in [-0.2, 0) is 16.7 Å². The van der Waals surface area contributed by atoms with Gasteiger partial charge >= 0.3 is 0 Å². The van der Waals surface area contributed by atoms with Crippen molar-refractivity contribution in [2.75, 3.05) is 19.7 Å². The highest BCUT2D eigenvalue weighted by Gasteiger charge is 2.49. The Balaban J connectivity index is 1.53. The number of nitrogens with zero attached hydrogens (tertiary/aromatic N) is 2. The zero-order valence-electron chi connectivity index (χ0n) is 16.1. The first-order valence-electron chi connectivity index (χ1n) is 10.0. The summed E-state index contributed by atoms with van der Waals surface area (Å²) < 4.78 is 6.24. The van der Waals surface area contributed by atoms with Crippen LogP contribution in [0.15, 0.2) is 42.7 Å². The lowest BCUT2D eigenvalue weighted by Gasteiger charge is -2.39. The van der Waals surface area contributed by atoms with Crippen molar-refractivity contribution in [2.24, 2.45) is 5.41 Å². The maximum Gasteiger partial charge on any atom is 0.0645 e. The first kappa shape index (κ1) is 17.7. The molecule has 2 aliphatic rings. The third kappa shape index (κ3) is 3.33. The molecule has 1 aromatic heterocycles. The molecule has 1 N–H and O–H groups in total. The molecule has 0 amide bonds. The molecule has 3 heterocycles. The molecule has 2 aliphatic heterocycles. The highest BCUT2D eigenvalue weighted by Crippen LogP contribution is 2.46. The fraction of sp³-hybridized carbons (Fsp3) is 0.591. The standard InChI is InChI=1S/C22H31N3O/c1-21(2,19-15-23-24-16-19)25-13-12-22(17-25,20-9-6-14-26-20)11-10-18-7-4-3-5-8-18/h3-5,7-8,15-16,20H,6,9-14,17H2,1-2H3,(H,23,24). The van der Waals surface area contributed by atoms with Gasteiger partial charge in [-0.3, -0.25) is 10.00 Å². The zero-order valence-corrected chi connectivity index (χ0v) is 16.1. The molecule has 0 aliphatic carbocycles. The molecule has 4 heteroatoms. The van der Waals surface area contributed by atoms with Gasteiger partial charge in [0.05, 0.1) is 12.3 Å². The molecule has 2 atom stereocenters. The van der Waals surface area contributed by atoms with Crippen molar-refractivity contribution in [3.8, 4) is 0 Å². The Labute approximate surface area is 156 Å². The molecule has 2 saturated heterocycles. The third-order valence-corrected chi connectivity index (χ3v) is 6.75. The zero-order chi connectivity index (χ0) is 18.0. The van der Waals surface area contributed by atoms with E-state index in [0.717, 1.165) is 26.1 Å². The van der Waals surface area contributed by atoms with Crippen molar-refractivity contribution in [1.29, 1.82) is 0 Å². The average Bonchev–Trinajstić information content (AvgIpc) is 3.43. The van der Waals surface area contributed by atoms with E-state index in [4.69, 9.17) is 4.74 Å². The highest BCUT2D eigenvalue weighted by molar-refractivity contribution is 5.18. The lowest BCUT2D eigenvalue weighted by atomic mass is 9.75. The van der Waals surface area contributed by atoms with Crippen LogP contribution < -0.4 is 0 Å². The van der Waals surface area contributed by atoms with Gasteiger partial charge in [-0.1, -0.05) is 30.3 Å². The largest absolute Gasteiger partial charge is 0.378 e. The van der Waals surface area contributed by atoms with Crippen LogP contribution in [0.4, 0.5) is 0 Å². The molecular weight excluding hydrogens is 322 g/mol. The number of aryl methyl sites for hydroxylation is 1. The second-order valence-corrected chi connectivity index (χ2v) is 8.57. The van der Waals surface area contributed by atoms with E-state index in [0.29, 0.717) is 6.10 Å². The molecule has 0 radical (unpaired) electrons. The quantitative estimate of drug-likeness (QED) is 0.848. The third-order valence-electron chi connectivity index (χ3n) is 6.75. The second kappa shape index (κ2) is 7.16. The van der Waals surface area contributed by atoms with Gasteiger partial charge in [0, 0.05) is 35.9 Å². The Morgan fingerprint density at radius 2 is 2.15 bits per heavy atom. The van der Waals surface area contributed by atoms with Crippen LogP contribution in [0, 0.1) is 5.41 Å². The van der Waals surface area contributed by atoms with Crippen LogP contribution in [-0.4, -0.2) is 40.9 Å². The Bertz CT molecular complexity index is 691. The number of aromatic nitrogens is 2. The summed E-state index contributed by atoms with van der Waals surface area (Å²) in [7, 11) is 0. The summed E-state index contributed by atoms with van der Waals surface area (Å²) in [6.07, 6.45) is 10.4. The van der Waals surface area contributed by atoms with E-state index in [1.807, 2.05) is 12.4 Å². The van der Waals surface area contributed by atoms with E-state index in [-0.39, 0.29) is 11.0 Å². The Hall–Kier alpha value is -1.65. The van der Waals surface area contributed by atoms with Gasteiger partial charge < -0.3 is 4.74 Å². The predicted molar refractivity (Wildman–Crippen MR) is 104 cm³/mol. The number of ether oxygens (including phenoxy) is 1. The van der Waals surface area contributed by atoms with Crippen molar-refractivity contribution in [3.05, 3.63) is 53.9 Å². The second-order valence-electron chi connectivity index (χ2n) is 8.57. The first-order chi connectivity index (χ1) is 12.6. The topological polar surface area (TPSA) is 41.2 Å². The van der Waals surface area contributed by atoms with Crippen LogP contribution in [0.2, 0.25) is 0 Å². The van der Waals surface area contributed by atoms with E-state index >= 15 is 0 Å². The number of nitrogens with one attached hydrogen (secondary N) is 1. The fourth-order valence-corrected chi connectivity index (χ4v) is 4.87. The lowest BCUT2D eigenvalue weighted by Crippen LogP contribution is -2.44. The molecule has 2 fully saturated rings. The summed E-state index contributed by atoms with van der Waals surface area (Å²) in [5.41, 5.74) is 2.98. The molecule has 0 spiro atoms. The normalized spacial score (nSPS) is 27.2. The Morgan fingerprint density at radius 1 is 1.31 bits per heavy atom. The minimum Gasteiger partial charge on any atom is -0.378 e. The molecule has 0 bridgehead atoms. The van der Waals surface area contributed by atoms with E-state index in [9.17, 15) is 0 Å². The number of hydrogen-bond acceptors (Lipinski definition) is 3. The summed E-state index contributed by atoms with van der Waals surface area (Å²) in [6, 6.07) is 10.9. The number of H-pyrrole nitrogens is 1. The molecule has 1 aromatic carbocycles. The summed E-state index contributed by atoms with van der Waals surface area (Å²) in [4.78, 5) is 2.64. The monoisotopic (exact) mass is 353 g/mol. The van der Waals surface area contributed by atoms with E-state index in [1.165, 1.54) is 36.8 Å². The molecule has 4 nitrogen and oxygen atoms in total. The van der Waals surface area contributed by atoms with E-state index < -0.39 is 0 Å². The number of rotatable bonds is 6. The van der Waals surface area contributed by atoms with Crippen LogP contribution >= 0.6 is 0 Å². The highest BCUT2D eigenvalue weighted by atomic mass is 16.5. The van der Waals surface area contributed by atoms with Gasteiger partial charge in [-0.15, -0.1) is 0 Å². The Kier molecular flexibility index (Phi) is 4.89. The van der Waals surface area contributed by atoms with Crippen molar-refractivity contribution in [3.63, 3.8) is 0 Å². The number of hydrogen-bond donors (Lipinski definition) is 1. The van der Waals surface area contributed by atoms with Crippen molar-refractivity contribution in [1.82, 2.24) is 15.1 Å². The number of likely N-dealkylation sites (tertiary alicyclic amines) is 1. The van der Waals surface area contributed by atoms with Crippen LogP contribution in [0.3, 0.4) is 0 Å². The molecule has 4 rings (SSSR count). The maximum absolute atomic E-state index is 6.24. The smallest absolute Gasteiger partial charge is 0.0645 e. The molecule has 26 heavy (non-hydrogen) atoms. The molecular formula is C22H31N3O.